The lowest BCUT2D eigenvalue weighted by Gasteiger charge is -2.32. The lowest BCUT2D eigenvalue weighted by atomic mass is 9.97. The van der Waals surface area contributed by atoms with E-state index in [1.165, 1.54) is 6.92 Å². The maximum atomic E-state index is 12.6. The highest BCUT2D eigenvalue weighted by Gasteiger charge is 2.34. The van der Waals surface area contributed by atoms with E-state index >= 15 is 0 Å². The summed E-state index contributed by atoms with van der Waals surface area (Å²) in [4.78, 5) is 36.7. The molecule has 2 amide bonds. The maximum Gasteiger partial charge on any atom is 0.314 e. The van der Waals surface area contributed by atoms with E-state index in [4.69, 9.17) is 4.74 Å². The second kappa shape index (κ2) is 9.33. The predicted octanol–water partition coefficient (Wildman–Crippen LogP) is 0.830. The van der Waals surface area contributed by atoms with Crippen molar-refractivity contribution in [3.8, 4) is 0 Å². The summed E-state index contributed by atoms with van der Waals surface area (Å²) in [7, 11) is 0. The van der Waals surface area contributed by atoms with Crippen molar-refractivity contribution in [1.29, 1.82) is 0 Å². The first-order valence-electron chi connectivity index (χ1n) is 9.10. The molecule has 7 nitrogen and oxygen atoms in total. The molecule has 1 aromatic carbocycles. The number of nitrogens with one attached hydrogen (secondary N) is 3. The van der Waals surface area contributed by atoms with Crippen LogP contribution in [0.15, 0.2) is 24.3 Å². The normalized spacial score (nSPS) is 20.7. The fraction of sp³-hybridized carbons (Fsp3) is 0.526. The Morgan fingerprint density at radius 3 is 2.38 bits per heavy atom. The molecule has 2 rings (SSSR count). The molecule has 0 saturated carbocycles. The van der Waals surface area contributed by atoms with Crippen LogP contribution in [0.5, 0.6) is 0 Å². The summed E-state index contributed by atoms with van der Waals surface area (Å²) in [6.07, 6.45) is 1.73. The smallest absolute Gasteiger partial charge is 0.314 e. The molecular weight excluding hydrogens is 334 g/mol. The van der Waals surface area contributed by atoms with Crippen molar-refractivity contribution in [2.75, 3.05) is 30.3 Å². The van der Waals surface area contributed by atoms with Gasteiger partial charge >= 0.3 is 5.97 Å². The molecule has 0 bridgehead atoms. The third-order valence-corrected chi connectivity index (χ3v) is 4.66. The Kier molecular flexibility index (Phi) is 7.15. The molecule has 0 radical (unpaired) electrons. The topological polar surface area (TPSA) is 88.9 Å². The van der Waals surface area contributed by atoms with Crippen molar-refractivity contribution < 1.29 is 24.0 Å². The number of piperidine rings is 1. The van der Waals surface area contributed by atoms with Crippen molar-refractivity contribution >= 4 is 29.2 Å². The fourth-order valence-electron chi connectivity index (χ4n) is 3.23. The Morgan fingerprint density at radius 1 is 1.19 bits per heavy atom. The Bertz CT molecular complexity index is 645. The van der Waals surface area contributed by atoms with Crippen molar-refractivity contribution in [3.63, 3.8) is 0 Å². The van der Waals surface area contributed by atoms with Gasteiger partial charge in [-0.1, -0.05) is 0 Å². The molecule has 142 valence electrons. The third kappa shape index (κ3) is 5.56. The Balaban J connectivity index is 1.92. The number of anilines is 2. The minimum Gasteiger partial charge on any atom is -0.466 e. The first-order valence-corrected chi connectivity index (χ1v) is 9.10. The number of likely N-dealkylation sites (tertiary alicyclic amines) is 1. The van der Waals surface area contributed by atoms with Crippen LogP contribution in [-0.4, -0.2) is 43.5 Å². The van der Waals surface area contributed by atoms with E-state index in [-0.39, 0.29) is 29.7 Å². The predicted molar refractivity (Wildman–Crippen MR) is 98.9 cm³/mol. The summed E-state index contributed by atoms with van der Waals surface area (Å²) in [5.74, 6) is -0.520. The molecule has 1 unspecified atom stereocenters. The van der Waals surface area contributed by atoms with Crippen molar-refractivity contribution in [3.05, 3.63) is 24.3 Å². The number of amides is 2. The van der Waals surface area contributed by atoms with Gasteiger partial charge < -0.3 is 20.3 Å². The van der Waals surface area contributed by atoms with Gasteiger partial charge in [0.2, 0.25) is 5.91 Å². The number of esters is 1. The molecule has 3 atom stereocenters. The molecule has 1 heterocycles. The van der Waals surface area contributed by atoms with Gasteiger partial charge in [-0.15, -0.1) is 0 Å². The van der Waals surface area contributed by atoms with Gasteiger partial charge in [-0.2, -0.15) is 0 Å². The molecule has 1 aromatic rings. The van der Waals surface area contributed by atoms with Gasteiger partial charge in [0.1, 0.15) is 5.92 Å². The van der Waals surface area contributed by atoms with E-state index in [0.29, 0.717) is 24.5 Å². The lowest BCUT2D eigenvalue weighted by molar-refractivity contribution is -0.921. The second-order valence-electron chi connectivity index (χ2n) is 6.67. The van der Waals surface area contributed by atoms with Crippen molar-refractivity contribution in [2.45, 2.75) is 39.7 Å². The molecule has 7 heteroatoms. The summed E-state index contributed by atoms with van der Waals surface area (Å²) in [5.41, 5.74) is 1.36. The van der Waals surface area contributed by atoms with E-state index in [1.807, 2.05) is 6.92 Å². The number of hydrogen-bond donors (Lipinski definition) is 3. The maximum absolute atomic E-state index is 12.6. The number of carbonyl (C=O) groups is 3. The van der Waals surface area contributed by atoms with Crippen LogP contribution in [0, 0.1) is 5.92 Å². The Hall–Kier alpha value is -2.41. The largest absolute Gasteiger partial charge is 0.466 e. The minimum atomic E-state index is -0.262. The summed E-state index contributed by atoms with van der Waals surface area (Å²) >= 11 is 0. The minimum absolute atomic E-state index is 0.0863. The molecule has 0 aliphatic carbocycles. The monoisotopic (exact) mass is 362 g/mol. The summed E-state index contributed by atoms with van der Waals surface area (Å²) in [6, 6.07) is 6.73. The number of hydrogen-bond acceptors (Lipinski definition) is 4. The zero-order valence-electron chi connectivity index (χ0n) is 15.6. The molecular formula is C19H28N3O4+. The molecule has 1 aliphatic rings. The van der Waals surface area contributed by atoms with Gasteiger partial charge in [0.25, 0.3) is 5.91 Å². The van der Waals surface area contributed by atoms with E-state index < -0.39 is 0 Å². The molecule has 26 heavy (non-hydrogen) atoms. The van der Waals surface area contributed by atoms with E-state index in [0.717, 1.165) is 24.3 Å². The zero-order chi connectivity index (χ0) is 19.1. The molecule has 1 aliphatic heterocycles. The van der Waals surface area contributed by atoms with Gasteiger partial charge in [0.15, 0.2) is 6.04 Å². The van der Waals surface area contributed by atoms with E-state index in [9.17, 15) is 14.4 Å². The van der Waals surface area contributed by atoms with E-state index in [2.05, 4.69) is 10.6 Å². The van der Waals surface area contributed by atoms with Crippen LogP contribution in [0.25, 0.3) is 0 Å². The summed E-state index contributed by atoms with van der Waals surface area (Å²) in [6.45, 7) is 7.00. The van der Waals surface area contributed by atoms with Gasteiger partial charge in [-0.25, -0.2) is 0 Å². The highest BCUT2D eigenvalue weighted by Crippen LogP contribution is 2.14. The average molecular weight is 362 g/mol. The van der Waals surface area contributed by atoms with Crippen LogP contribution >= 0.6 is 0 Å². The summed E-state index contributed by atoms with van der Waals surface area (Å²) in [5, 5.41) is 5.59. The molecule has 1 fully saturated rings. The SMILES string of the molecule is CCOC(=O)[C@@H]1CCC[NH+]([C@@H](C)C(=O)Nc2ccc(NC(C)=O)cc2)C1. The first kappa shape index (κ1) is 19.9. The van der Waals surface area contributed by atoms with Crippen LogP contribution in [0.3, 0.4) is 0 Å². The van der Waals surface area contributed by atoms with E-state index in [1.54, 1.807) is 31.2 Å². The van der Waals surface area contributed by atoms with Crippen molar-refractivity contribution in [1.82, 2.24) is 0 Å². The Morgan fingerprint density at radius 2 is 1.81 bits per heavy atom. The van der Waals surface area contributed by atoms with Gasteiger partial charge in [0, 0.05) is 18.3 Å². The number of quaternary nitrogens is 1. The van der Waals surface area contributed by atoms with Crippen molar-refractivity contribution in [2.24, 2.45) is 5.92 Å². The molecule has 0 spiro atoms. The highest BCUT2D eigenvalue weighted by molar-refractivity contribution is 5.94. The standard InChI is InChI=1S/C19H27N3O4/c1-4-26-19(25)15-6-5-11-22(12-15)13(2)18(24)21-17-9-7-16(8-10-17)20-14(3)23/h7-10,13,15H,4-6,11-12H2,1-3H3,(H,20,23)(H,21,24)/p+1/t13-,15+/m0/s1. The van der Waals surface area contributed by atoms with Crippen LogP contribution in [0.1, 0.15) is 33.6 Å². The summed E-state index contributed by atoms with van der Waals surface area (Å²) < 4.78 is 5.12. The fourth-order valence-corrected chi connectivity index (χ4v) is 3.23. The van der Waals surface area contributed by atoms with Crippen LogP contribution < -0.4 is 15.5 Å². The highest BCUT2D eigenvalue weighted by atomic mass is 16.5. The van der Waals surface area contributed by atoms with Gasteiger partial charge in [0.05, 0.1) is 19.7 Å². The number of carbonyl (C=O) groups excluding carboxylic acids is 3. The molecule has 3 N–H and O–H groups in total. The molecule has 0 aromatic heterocycles. The number of ether oxygens (including phenoxy) is 1. The zero-order valence-corrected chi connectivity index (χ0v) is 15.6. The number of rotatable bonds is 6. The second-order valence-corrected chi connectivity index (χ2v) is 6.67. The average Bonchev–Trinajstić information content (AvgIpc) is 2.62. The number of benzene rings is 1. The third-order valence-electron chi connectivity index (χ3n) is 4.66. The van der Waals surface area contributed by atoms with Crippen LogP contribution in [0.2, 0.25) is 0 Å². The van der Waals surface area contributed by atoms with Gasteiger partial charge in [-0.3, -0.25) is 14.4 Å². The van der Waals surface area contributed by atoms with Crippen LogP contribution in [-0.2, 0) is 19.1 Å². The quantitative estimate of drug-likeness (QED) is 0.654. The lowest BCUT2D eigenvalue weighted by Crippen LogP contribution is -3.18. The Labute approximate surface area is 154 Å². The first-order chi connectivity index (χ1) is 12.4. The molecule has 1 saturated heterocycles. The van der Waals surface area contributed by atoms with Crippen LogP contribution in [0.4, 0.5) is 11.4 Å². The van der Waals surface area contributed by atoms with Gasteiger partial charge in [-0.05, 0) is 51.0 Å².